The number of nitrogens with one attached hydrogen (secondary N) is 1. The van der Waals surface area contributed by atoms with Crippen LogP contribution in [-0.2, 0) is 0 Å². The molecule has 8 nitrogen and oxygen atoms in total. The molecule has 2 heterocycles. The van der Waals surface area contributed by atoms with Crippen molar-refractivity contribution in [2.24, 2.45) is 5.73 Å². The molecule has 164 valence electrons. The molecule has 1 amide bonds. The average molecular weight is 427 g/mol. The first kappa shape index (κ1) is 20.9. The quantitative estimate of drug-likeness (QED) is 0.479. The topological polar surface area (TPSA) is 128 Å². The summed E-state index contributed by atoms with van der Waals surface area (Å²) in [7, 11) is 1.90. The minimum Gasteiger partial charge on any atom is -0.505 e. The van der Waals surface area contributed by atoms with Crippen molar-refractivity contribution in [1.82, 2.24) is 14.9 Å². The van der Waals surface area contributed by atoms with Crippen LogP contribution >= 0.6 is 0 Å². The largest absolute Gasteiger partial charge is 0.505 e. The molecule has 3 aromatic rings. The second kappa shape index (κ2) is 7.12. The normalized spacial score (nSPS) is 14.7. The summed E-state index contributed by atoms with van der Waals surface area (Å²) >= 11 is 0. The van der Waals surface area contributed by atoms with Crippen molar-refractivity contribution in [3.8, 4) is 17.3 Å². The van der Waals surface area contributed by atoms with E-state index in [2.05, 4.69) is 10.3 Å². The van der Waals surface area contributed by atoms with Crippen molar-refractivity contribution in [1.29, 1.82) is 0 Å². The fourth-order valence-electron chi connectivity index (χ4n) is 4.02. The van der Waals surface area contributed by atoms with Crippen LogP contribution in [0.5, 0.6) is 11.6 Å². The third-order valence-electron chi connectivity index (χ3n) is 6.12. The number of aryl methyl sites for hydroxylation is 2. The minimum absolute atomic E-state index is 0.0432. The molecular formula is C22H26FN5O3. The Kier molecular flexibility index (Phi) is 4.81. The number of rotatable bonds is 6. The van der Waals surface area contributed by atoms with Gasteiger partial charge in [0.1, 0.15) is 12.4 Å². The lowest BCUT2D eigenvalue weighted by Gasteiger charge is -2.18. The molecule has 0 aliphatic heterocycles. The molecule has 1 aromatic carbocycles. The standard InChI is InChI=1S/C22H26FN5O3/c1-10-8-14(23)17(29)12(3)16(10)28-18(24)15(19(25)30)13-7-11(2)21(27-20(13)28)31-9-22(26-4)5-6-22/h7-8,26,29H,5-6,9,24H2,1-4H3,(H2,25,30). The molecule has 1 aliphatic carbocycles. The van der Waals surface area contributed by atoms with E-state index in [1.807, 2.05) is 14.0 Å². The van der Waals surface area contributed by atoms with Gasteiger partial charge in [0, 0.05) is 16.5 Å². The smallest absolute Gasteiger partial charge is 0.253 e. The minimum atomic E-state index is -0.737. The lowest BCUT2D eigenvalue weighted by molar-refractivity contribution is 0.100. The number of phenols is 1. The van der Waals surface area contributed by atoms with E-state index in [4.69, 9.17) is 16.2 Å². The van der Waals surface area contributed by atoms with Crippen LogP contribution in [0.4, 0.5) is 10.2 Å². The number of hydrogen-bond donors (Lipinski definition) is 4. The molecule has 0 radical (unpaired) electrons. The Morgan fingerprint density at radius 2 is 2.00 bits per heavy atom. The number of hydrogen-bond acceptors (Lipinski definition) is 6. The highest BCUT2D eigenvalue weighted by Crippen LogP contribution is 2.39. The van der Waals surface area contributed by atoms with Gasteiger partial charge in [-0.3, -0.25) is 9.36 Å². The van der Waals surface area contributed by atoms with Gasteiger partial charge in [0.25, 0.3) is 5.91 Å². The number of pyridine rings is 1. The molecule has 31 heavy (non-hydrogen) atoms. The molecule has 0 atom stereocenters. The summed E-state index contributed by atoms with van der Waals surface area (Å²) in [6.07, 6.45) is 2.04. The number of nitrogens with zero attached hydrogens (tertiary/aromatic N) is 2. The second-order valence-corrected chi connectivity index (χ2v) is 8.26. The van der Waals surface area contributed by atoms with Gasteiger partial charge in [-0.2, -0.15) is 4.98 Å². The zero-order valence-electron chi connectivity index (χ0n) is 18.0. The zero-order valence-corrected chi connectivity index (χ0v) is 18.0. The van der Waals surface area contributed by atoms with Crippen molar-refractivity contribution in [3.63, 3.8) is 0 Å². The molecule has 9 heteroatoms. The summed E-state index contributed by atoms with van der Waals surface area (Å²) < 4.78 is 21.6. The van der Waals surface area contributed by atoms with E-state index < -0.39 is 17.5 Å². The van der Waals surface area contributed by atoms with Crippen LogP contribution in [0.2, 0.25) is 0 Å². The number of phenolic OH excluding ortho intramolecular Hbond substituents is 1. The van der Waals surface area contributed by atoms with Gasteiger partial charge in [-0.15, -0.1) is 0 Å². The first-order chi connectivity index (χ1) is 14.6. The van der Waals surface area contributed by atoms with Crippen LogP contribution in [0.15, 0.2) is 12.1 Å². The fourth-order valence-corrected chi connectivity index (χ4v) is 4.02. The van der Waals surface area contributed by atoms with E-state index in [-0.39, 0.29) is 22.5 Å². The fraction of sp³-hybridized carbons (Fsp3) is 0.364. The number of likely N-dealkylation sites (N-methyl/N-ethyl adjacent to an activating group) is 1. The monoisotopic (exact) mass is 427 g/mol. The first-order valence-corrected chi connectivity index (χ1v) is 10.0. The molecule has 1 aliphatic rings. The van der Waals surface area contributed by atoms with E-state index in [0.717, 1.165) is 18.4 Å². The van der Waals surface area contributed by atoms with E-state index in [9.17, 15) is 14.3 Å². The number of aromatic hydroxyl groups is 1. The molecule has 2 aromatic heterocycles. The molecular weight excluding hydrogens is 401 g/mol. The third-order valence-corrected chi connectivity index (χ3v) is 6.12. The molecule has 6 N–H and O–H groups in total. The second-order valence-electron chi connectivity index (χ2n) is 8.26. The van der Waals surface area contributed by atoms with E-state index in [1.54, 1.807) is 19.9 Å². The summed E-state index contributed by atoms with van der Waals surface area (Å²) in [5, 5.41) is 13.9. The Balaban J connectivity index is 1.97. The molecule has 0 unspecified atom stereocenters. The number of primary amides is 1. The van der Waals surface area contributed by atoms with E-state index in [1.165, 1.54) is 10.6 Å². The summed E-state index contributed by atoms with van der Waals surface area (Å²) in [4.78, 5) is 16.9. The number of carbonyl (C=O) groups excluding carboxylic acids is 1. The number of nitrogen functional groups attached to an aromatic ring is 1. The Morgan fingerprint density at radius 3 is 2.58 bits per heavy atom. The summed E-state index contributed by atoms with van der Waals surface area (Å²) in [5.41, 5.74) is 14.3. The highest BCUT2D eigenvalue weighted by atomic mass is 19.1. The zero-order chi connectivity index (χ0) is 22.7. The van der Waals surface area contributed by atoms with Crippen LogP contribution < -0.4 is 21.5 Å². The van der Waals surface area contributed by atoms with E-state index >= 15 is 0 Å². The lowest BCUT2D eigenvalue weighted by atomic mass is 10.1. The number of carbonyl (C=O) groups is 1. The number of fused-ring (bicyclic) bond motifs is 1. The van der Waals surface area contributed by atoms with Crippen molar-refractivity contribution < 1.29 is 19.0 Å². The van der Waals surface area contributed by atoms with Crippen LogP contribution in [0.25, 0.3) is 16.7 Å². The molecule has 1 fully saturated rings. The van der Waals surface area contributed by atoms with Crippen molar-refractivity contribution in [3.05, 3.63) is 40.2 Å². The van der Waals surface area contributed by atoms with Crippen LogP contribution in [0.3, 0.4) is 0 Å². The van der Waals surface area contributed by atoms with Crippen molar-refractivity contribution in [2.45, 2.75) is 39.2 Å². The first-order valence-electron chi connectivity index (χ1n) is 10.0. The van der Waals surface area contributed by atoms with E-state index in [0.29, 0.717) is 34.8 Å². The maximum Gasteiger partial charge on any atom is 0.253 e. The predicted molar refractivity (Wildman–Crippen MR) is 116 cm³/mol. The van der Waals surface area contributed by atoms with Gasteiger partial charge in [-0.05, 0) is 58.4 Å². The highest BCUT2D eigenvalue weighted by Gasteiger charge is 2.42. The number of halogens is 1. The summed E-state index contributed by atoms with van der Waals surface area (Å²) in [6.45, 7) is 5.55. The van der Waals surface area contributed by atoms with Gasteiger partial charge in [0.15, 0.2) is 17.2 Å². The SMILES string of the molecule is CNC1(COc2nc3c(cc2C)c(C(N)=O)c(N)n3-c2c(C)cc(F)c(O)c2C)CC1. The number of nitrogens with two attached hydrogens (primary N) is 2. The third kappa shape index (κ3) is 3.25. The Hall–Kier alpha value is -3.33. The van der Waals surface area contributed by atoms with Crippen molar-refractivity contribution >= 4 is 22.8 Å². The number of benzene rings is 1. The lowest BCUT2D eigenvalue weighted by Crippen LogP contribution is -2.34. The van der Waals surface area contributed by atoms with Gasteiger partial charge in [-0.25, -0.2) is 4.39 Å². The molecule has 0 spiro atoms. The number of anilines is 1. The maximum absolute atomic E-state index is 14.0. The van der Waals surface area contributed by atoms with Crippen LogP contribution in [0.1, 0.15) is 39.9 Å². The van der Waals surface area contributed by atoms with Crippen LogP contribution in [0, 0.1) is 26.6 Å². The predicted octanol–water partition coefficient (Wildman–Crippen LogP) is 2.61. The van der Waals surface area contributed by atoms with Gasteiger partial charge in [-0.1, -0.05) is 0 Å². The number of ether oxygens (including phenoxy) is 1. The van der Waals surface area contributed by atoms with Gasteiger partial charge in [0.2, 0.25) is 5.88 Å². The van der Waals surface area contributed by atoms with Crippen molar-refractivity contribution in [2.75, 3.05) is 19.4 Å². The number of aromatic nitrogens is 2. The Labute approximate surface area is 179 Å². The number of amides is 1. The summed E-state index contributed by atoms with van der Waals surface area (Å²) in [6, 6.07) is 2.97. The maximum atomic E-state index is 14.0. The highest BCUT2D eigenvalue weighted by molar-refractivity contribution is 6.11. The molecule has 0 saturated heterocycles. The molecule has 1 saturated carbocycles. The average Bonchev–Trinajstić information content (AvgIpc) is 3.44. The Bertz CT molecular complexity index is 1230. The molecule has 4 rings (SSSR count). The van der Waals surface area contributed by atoms with Crippen LogP contribution in [-0.4, -0.2) is 39.8 Å². The Morgan fingerprint density at radius 1 is 1.32 bits per heavy atom. The van der Waals surface area contributed by atoms with Gasteiger partial charge in [0.05, 0.1) is 16.8 Å². The molecule has 0 bridgehead atoms. The van der Waals surface area contributed by atoms with Gasteiger partial charge >= 0.3 is 0 Å². The van der Waals surface area contributed by atoms with Gasteiger partial charge < -0.3 is 26.6 Å². The summed E-state index contributed by atoms with van der Waals surface area (Å²) in [5.74, 6) is -1.46.